The molecule has 5 rings (SSSR count). The van der Waals surface area contributed by atoms with Gasteiger partial charge in [0.25, 0.3) is 5.56 Å². The Morgan fingerprint density at radius 3 is 2.79 bits per heavy atom. The molecule has 3 aromatic rings. The van der Waals surface area contributed by atoms with Gasteiger partial charge < -0.3 is 19.2 Å². The molecule has 1 atom stereocenters. The summed E-state index contributed by atoms with van der Waals surface area (Å²) in [4.78, 5) is 20.3. The van der Waals surface area contributed by atoms with Crippen molar-refractivity contribution in [1.29, 1.82) is 0 Å². The number of rotatable bonds is 5. The number of ether oxygens (including phenoxy) is 3. The highest BCUT2D eigenvalue weighted by Crippen LogP contribution is 2.25. The first-order valence-corrected chi connectivity index (χ1v) is 10.1. The van der Waals surface area contributed by atoms with Gasteiger partial charge >= 0.3 is 0 Å². The average molecular weight is 396 g/mol. The van der Waals surface area contributed by atoms with Crippen LogP contribution in [0, 0.1) is 0 Å². The van der Waals surface area contributed by atoms with Crippen LogP contribution in [-0.2, 0) is 15.9 Å². The van der Waals surface area contributed by atoms with Crippen molar-refractivity contribution < 1.29 is 14.2 Å². The minimum Gasteiger partial charge on any atom is -0.488 e. The quantitative estimate of drug-likeness (QED) is 0.711. The van der Waals surface area contributed by atoms with E-state index in [2.05, 4.69) is 10.1 Å². The number of nitrogens with zero attached hydrogens (tertiary/aromatic N) is 3. The number of aromatic amines is 1. The van der Waals surface area contributed by atoms with Crippen molar-refractivity contribution in [2.24, 2.45) is 0 Å². The van der Waals surface area contributed by atoms with E-state index in [4.69, 9.17) is 19.2 Å². The Morgan fingerprint density at radius 1 is 1.14 bits per heavy atom. The van der Waals surface area contributed by atoms with Gasteiger partial charge in [0, 0.05) is 31.6 Å². The highest BCUT2D eigenvalue weighted by atomic mass is 16.5. The molecule has 1 N–H and O–H groups in total. The molecule has 29 heavy (non-hydrogen) atoms. The van der Waals surface area contributed by atoms with E-state index >= 15 is 0 Å². The third-order valence-electron chi connectivity index (χ3n) is 5.56. The SMILES string of the molecule is O=c1[nH]c(Cc2ccccc2O[C@@H]2CCOC2)nc2c1cnn2C1CCOCC1. The van der Waals surface area contributed by atoms with Gasteiger partial charge in [-0.15, -0.1) is 0 Å². The van der Waals surface area contributed by atoms with E-state index < -0.39 is 0 Å². The van der Waals surface area contributed by atoms with Gasteiger partial charge in [-0.2, -0.15) is 5.10 Å². The smallest absolute Gasteiger partial charge is 0.262 e. The molecule has 0 radical (unpaired) electrons. The maximum atomic E-state index is 12.6. The average Bonchev–Trinajstić information content (AvgIpc) is 3.40. The van der Waals surface area contributed by atoms with E-state index in [9.17, 15) is 4.79 Å². The minimum atomic E-state index is -0.161. The molecule has 8 heteroatoms. The lowest BCUT2D eigenvalue weighted by molar-refractivity contribution is 0.0673. The van der Waals surface area contributed by atoms with Crippen molar-refractivity contribution >= 4 is 11.0 Å². The molecule has 2 fully saturated rings. The van der Waals surface area contributed by atoms with Crippen LogP contribution in [-0.4, -0.2) is 52.3 Å². The number of aromatic nitrogens is 4. The van der Waals surface area contributed by atoms with E-state index in [1.165, 1.54) is 0 Å². The van der Waals surface area contributed by atoms with Gasteiger partial charge in [-0.05, 0) is 18.9 Å². The van der Waals surface area contributed by atoms with Crippen molar-refractivity contribution in [3.8, 4) is 5.75 Å². The third kappa shape index (κ3) is 3.77. The van der Waals surface area contributed by atoms with Crippen LogP contribution in [0.25, 0.3) is 11.0 Å². The molecular weight excluding hydrogens is 372 g/mol. The van der Waals surface area contributed by atoms with Gasteiger partial charge in [0.1, 0.15) is 23.1 Å². The molecule has 2 aromatic heterocycles. The van der Waals surface area contributed by atoms with Crippen LogP contribution in [0.3, 0.4) is 0 Å². The lowest BCUT2D eigenvalue weighted by Gasteiger charge is -2.22. The summed E-state index contributed by atoms with van der Waals surface area (Å²) < 4.78 is 18.9. The highest BCUT2D eigenvalue weighted by Gasteiger charge is 2.22. The molecule has 0 amide bonds. The zero-order valence-corrected chi connectivity index (χ0v) is 16.2. The molecule has 0 bridgehead atoms. The Bertz CT molecular complexity index is 1050. The summed E-state index contributed by atoms with van der Waals surface area (Å²) >= 11 is 0. The van der Waals surface area contributed by atoms with Crippen molar-refractivity contribution in [2.45, 2.75) is 37.8 Å². The number of fused-ring (bicyclic) bond motifs is 1. The Labute approximate surface area is 167 Å². The fourth-order valence-corrected chi connectivity index (χ4v) is 3.99. The standard InChI is InChI=1S/C21H24N4O4/c26-21-17-12-22-25(15-5-8-27-9-6-15)20(17)23-19(24-21)11-14-3-1-2-4-18(14)29-16-7-10-28-13-16/h1-4,12,15-16H,5-11,13H2,(H,23,24,26)/t16-/m1/s1. The monoisotopic (exact) mass is 396 g/mol. The van der Waals surface area contributed by atoms with Crippen LogP contribution in [0.4, 0.5) is 0 Å². The van der Waals surface area contributed by atoms with Crippen molar-refractivity contribution in [1.82, 2.24) is 19.7 Å². The van der Waals surface area contributed by atoms with E-state index in [1.54, 1.807) is 6.20 Å². The maximum Gasteiger partial charge on any atom is 0.262 e. The molecule has 152 valence electrons. The topological polar surface area (TPSA) is 91.3 Å². The second-order valence-corrected chi connectivity index (χ2v) is 7.57. The maximum absolute atomic E-state index is 12.6. The third-order valence-corrected chi connectivity index (χ3v) is 5.56. The molecular formula is C21H24N4O4. The Kier molecular flexibility index (Phi) is 5.03. The molecule has 0 spiro atoms. The van der Waals surface area contributed by atoms with E-state index in [0.717, 1.165) is 37.2 Å². The largest absolute Gasteiger partial charge is 0.488 e. The van der Waals surface area contributed by atoms with Crippen molar-refractivity contribution in [3.05, 3.63) is 52.2 Å². The minimum absolute atomic E-state index is 0.0700. The highest BCUT2D eigenvalue weighted by molar-refractivity contribution is 5.73. The van der Waals surface area contributed by atoms with E-state index in [0.29, 0.717) is 43.1 Å². The number of H-pyrrole nitrogens is 1. The first-order valence-electron chi connectivity index (χ1n) is 10.1. The molecule has 8 nitrogen and oxygen atoms in total. The van der Waals surface area contributed by atoms with Gasteiger partial charge in [-0.3, -0.25) is 4.79 Å². The fraction of sp³-hybridized carbons (Fsp3) is 0.476. The molecule has 2 saturated heterocycles. The van der Waals surface area contributed by atoms with Gasteiger partial charge in [0.15, 0.2) is 5.65 Å². The Morgan fingerprint density at radius 2 is 1.97 bits per heavy atom. The number of nitrogens with one attached hydrogen (secondary N) is 1. The summed E-state index contributed by atoms with van der Waals surface area (Å²) in [6, 6.07) is 8.09. The van der Waals surface area contributed by atoms with Crippen LogP contribution >= 0.6 is 0 Å². The number of hydrogen-bond donors (Lipinski definition) is 1. The molecule has 0 unspecified atom stereocenters. The van der Waals surface area contributed by atoms with Crippen LogP contribution < -0.4 is 10.3 Å². The number of hydrogen-bond acceptors (Lipinski definition) is 6. The lowest BCUT2D eigenvalue weighted by atomic mass is 10.1. The van der Waals surface area contributed by atoms with Crippen LogP contribution in [0.5, 0.6) is 5.75 Å². The first kappa shape index (κ1) is 18.3. The summed E-state index contributed by atoms with van der Waals surface area (Å²) in [6.45, 7) is 2.75. The van der Waals surface area contributed by atoms with Crippen molar-refractivity contribution in [2.75, 3.05) is 26.4 Å². The van der Waals surface area contributed by atoms with Gasteiger partial charge in [-0.1, -0.05) is 18.2 Å². The lowest BCUT2D eigenvalue weighted by Crippen LogP contribution is -2.21. The first-order chi connectivity index (χ1) is 14.3. The zero-order chi connectivity index (χ0) is 19.6. The molecule has 2 aliphatic heterocycles. The van der Waals surface area contributed by atoms with Gasteiger partial charge in [0.05, 0.1) is 25.5 Å². The normalized spacial score (nSPS) is 20.3. The molecule has 4 heterocycles. The summed E-state index contributed by atoms with van der Waals surface area (Å²) in [5.41, 5.74) is 1.46. The predicted molar refractivity (Wildman–Crippen MR) is 106 cm³/mol. The predicted octanol–water partition coefficient (Wildman–Crippen LogP) is 2.23. The summed E-state index contributed by atoms with van der Waals surface area (Å²) in [5.74, 6) is 1.42. The molecule has 0 aliphatic carbocycles. The summed E-state index contributed by atoms with van der Waals surface area (Å²) in [7, 11) is 0. The molecule has 2 aliphatic rings. The van der Waals surface area contributed by atoms with E-state index in [1.807, 2.05) is 28.9 Å². The Hall–Kier alpha value is -2.71. The number of para-hydroxylation sites is 1. The molecule has 0 saturated carbocycles. The van der Waals surface area contributed by atoms with Gasteiger partial charge in [-0.25, -0.2) is 9.67 Å². The Balaban J connectivity index is 1.46. The summed E-state index contributed by atoms with van der Waals surface area (Å²) in [5, 5.41) is 4.98. The van der Waals surface area contributed by atoms with Crippen LogP contribution in [0.2, 0.25) is 0 Å². The second-order valence-electron chi connectivity index (χ2n) is 7.57. The van der Waals surface area contributed by atoms with Gasteiger partial charge in [0.2, 0.25) is 0 Å². The van der Waals surface area contributed by atoms with Crippen molar-refractivity contribution in [3.63, 3.8) is 0 Å². The fourth-order valence-electron chi connectivity index (χ4n) is 3.99. The second kappa shape index (κ2) is 7.96. The molecule has 1 aromatic carbocycles. The zero-order valence-electron chi connectivity index (χ0n) is 16.2. The van der Waals surface area contributed by atoms with E-state index in [-0.39, 0.29) is 17.7 Å². The van der Waals surface area contributed by atoms with Crippen LogP contribution in [0.15, 0.2) is 35.3 Å². The van der Waals surface area contributed by atoms with Crippen LogP contribution in [0.1, 0.15) is 36.7 Å². The summed E-state index contributed by atoms with van der Waals surface area (Å²) in [6.07, 6.45) is 4.80. The number of benzene rings is 1.